The maximum atomic E-state index is 12.2. The Hall–Kier alpha value is -2.28. The highest BCUT2D eigenvalue weighted by atomic mass is 16.5. The number of quaternary nitrogens is 1. The molecule has 1 aromatic carbocycles. The standard InChI is InChI=1S/C17H25N3O4/c1-4-23-15-7-5-14(6-8-15)20-12-13(11-16(20)21)18-17(22)24-10-9-19(2)3/h5-8,13H,4,9-12H2,1-3H3,(H,18,22)/p+1/t13-/m0/s1. The second-order valence-corrected chi connectivity index (χ2v) is 6.07. The number of carbonyl (C=O) groups excluding carboxylic acids is 2. The average Bonchev–Trinajstić information content (AvgIpc) is 2.88. The highest BCUT2D eigenvalue weighted by Crippen LogP contribution is 2.24. The van der Waals surface area contributed by atoms with Gasteiger partial charge < -0.3 is 24.6 Å². The summed E-state index contributed by atoms with van der Waals surface area (Å²) in [6.07, 6.45) is -0.191. The van der Waals surface area contributed by atoms with Crippen molar-refractivity contribution in [3.05, 3.63) is 24.3 Å². The Labute approximate surface area is 142 Å². The van der Waals surface area contributed by atoms with Gasteiger partial charge in [0.1, 0.15) is 18.9 Å². The first-order valence-electron chi connectivity index (χ1n) is 8.25. The lowest BCUT2D eigenvalue weighted by atomic mass is 10.2. The quantitative estimate of drug-likeness (QED) is 0.739. The van der Waals surface area contributed by atoms with Crippen molar-refractivity contribution in [2.75, 3.05) is 45.3 Å². The van der Waals surface area contributed by atoms with Crippen LogP contribution in [-0.4, -0.2) is 58.4 Å². The molecule has 132 valence electrons. The molecule has 1 atom stereocenters. The molecule has 7 heteroatoms. The summed E-state index contributed by atoms with van der Waals surface area (Å²) < 4.78 is 10.5. The predicted octanol–water partition coefficient (Wildman–Crippen LogP) is 0.0613. The summed E-state index contributed by atoms with van der Waals surface area (Å²) in [5, 5.41) is 2.76. The van der Waals surface area contributed by atoms with Crippen molar-refractivity contribution in [1.82, 2.24) is 5.32 Å². The summed E-state index contributed by atoms with van der Waals surface area (Å²) in [4.78, 5) is 26.8. The van der Waals surface area contributed by atoms with E-state index in [0.29, 0.717) is 19.8 Å². The van der Waals surface area contributed by atoms with Gasteiger partial charge in [-0.15, -0.1) is 0 Å². The normalized spacial score (nSPS) is 17.2. The smallest absolute Gasteiger partial charge is 0.407 e. The number of benzene rings is 1. The van der Waals surface area contributed by atoms with Crippen LogP contribution < -0.4 is 19.9 Å². The molecule has 1 aliphatic heterocycles. The lowest BCUT2D eigenvalue weighted by Crippen LogP contribution is -3.06. The van der Waals surface area contributed by atoms with E-state index in [9.17, 15) is 9.59 Å². The van der Waals surface area contributed by atoms with Crippen LogP contribution in [0.15, 0.2) is 24.3 Å². The molecule has 2 amide bonds. The third kappa shape index (κ3) is 5.13. The molecule has 1 aromatic rings. The highest BCUT2D eigenvalue weighted by Gasteiger charge is 2.31. The van der Waals surface area contributed by atoms with E-state index >= 15 is 0 Å². The van der Waals surface area contributed by atoms with Gasteiger partial charge in [0.15, 0.2) is 0 Å². The van der Waals surface area contributed by atoms with Crippen molar-refractivity contribution < 1.29 is 24.0 Å². The molecular formula is C17H26N3O4+. The van der Waals surface area contributed by atoms with Gasteiger partial charge in [0.25, 0.3) is 0 Å². The molecule has 0 radical (unpaired) electrons. The fourth-order valence-electron chi connectivity index (χ4n) is 2.50. The number of likely N-dealkylation sites (N-methyl/N-ethyl adjacent to an activating group) is 1. The van der Waals surface area contributed by atoms with Gasteiger partial charge in [-0.2, -0.15) is 0 Å². The van der Waals surface area contributed by atoms with Crippen molar-refractivity contribution in [2.24, 2.45) is 0 Å². The van der Waals surface area contributed by atoms with Crippen molar-refractivity contribution in [3.63, 3.8) is 0 Å². The van der Waals surface area contributed by atoms with Gasteiger partial charge in [-0.3, -0.25) is 4.79 Å². The number of ether oxygens (including phenoxy) is 2. The maximum Gasteiger partial charge on any atom is 0.407 e. The summed E-state index contributed by atoms with van der Waals surface area (Å²) in [6, 6.07) is 7.14. The Bertz CT molecular complexity index is 559. The number of amides is 2. The molecule has 0 aliphatic carbocycles. The van der Waals surface area contributed by atoms with Crippen molar-refractivity contribution in [2.45, 2.75) is 19.4 Å². The molecular weight excluding hydrogens is 310 g/mol. The molecule has 7 nitrogen and oxygen atoms in total. The molecule has 2 N–H and O–H groups in total. The molecule has 24 heavy (non-hydrogen) atoms. The van der Waals surface area contributed by atoms with E-state index in [0.717, 1.165) is 18.0 Å². The van der Waals surface area contributed by atoms with E-state index in [1.54, 1.807) is 4.90 Å². The minimum atomic E-state index is -0.470. The number of anilines is 1. The number of hydrogen-bond acceptors (Lipinski definition) is 4. The first-order chi connectivity index (χ1) is 11.5. The average molecular weight is 336 g/mol. The molecule has 0 unspecified atom stereocenters. The maximum absolute atomic E-state index is 12.2. The zero-order valence-corrected chi connectivity index (χ0v) is 14.5. The second kappa shape index (κ2) is 8.54. The topological polar surface area (TPSA) is 72.3 Å². The van der Waals surface area contributed by atoms with Crippen LogP contribution in [0.2, 0.25) is 0 Å². The van der Waals surface area contributed by atoms with Crippen LogP contribution in [-0.2, 0) is 9.53 Å². The Morgan fingerprint density at radius 1 is 1.33 bits per heavy atom. The summed E-state index contributed by atoms with van der Waals surface area (Å²) >= 11 is 0. The third-order valence-electron chi connectivity index (χ3n) is 3.74. The van der Waals surface area contributed by atoms with Gasteiger partial charge >= 0.3 is 6.09 Å². The Balaban J connectivity index is 1.85. The van der Waals surface area contributed by atoms with Crippen LogP contribution in [0.5, 0.6) is 5.75 Å². The molecule has 0 saturated carbocycles. The SMILES string of the molecule is CCOc1ccc(N2C[C@@H](NC(=O)OCC[NH+](C)C)CC2=O)cc1. The summed E-state index contributed by atoms with van der Waals surface area (Å²) in [6.45, 7) is 4.08. The zero-order valence-electron chi connectivity index (χ0n) is 14.5. The molecule has 1 aliphatic rings. The van der Waals surface area contributed by atoms with E-state index in [2.05, 4.69) is 5.32 Å². The van der Waals surface area contributed by atoms with Gasteiger partial charge in [0.2, 0.25) is 5.91 Å². The minimum Gasteiger partial charge on any atom is -0.494 e. The third-order valence-corrected chi connectivity index (χ3v) is 3.74. The first kappa shape index (κ1) is 18.1. The van der Waals surface area contributed by atoms with Gasteiger partial charge in [0.05, 0.1) is 26.7 Å². The van der Waals surface area contributed by atoms with Crippen molar-refractivity contribution in [3.8, 4) is 5.75 Å². The number of nitrogens with one attached hydrogen (secondary N) is 2. The van der Waals surface area contributed by atoms with Crippen LogP contribution in [0.25, 0.3) is 0 Å². The molecule has 0 spiro atoms. The van der Waals surface area contributed by atoms with Gasteiger partial charge in [-0.25, -0.2) is 4.79 Å². The van der Waals surface area contributed by atoms with E-state index in [4.69, 9.17) is 9.47 Å². The predicted molar refractivity (Wildman–Crippen MR) is 90.5 cm³/mol. The van der Waals surface area contributed by atoms with E-state index in [1.807, 2.05) is 45.3 Å². The van der Waals surface area contributed by atoms with Crippen LogP contribution in [0.3, 0.4) is 0 Å². The fourth-order valence-corrected chi connectivity index (χ4v) is 2.50. The van der Waals surface area contributed by atoms with E-state index in [1.165, 1.54) is 4.90 Å². The largest absolute Gasteiger partial charge is 0.494 e. The summed E-state index contributed by atoms with van der Waals surface area (Å²) in [7, 11) is 3.98. The van der Waals surface area contributed by atoms with Gasteiger partial charge in [-0.05, 0) is 31.2 Å². The van der Waals surface area contributed by atoms with Crippen LogP contribution in [0.4, 0.5) is 10.5 Å². The van der Waals surface area contributed by atoms with Crippen LogP contribution >= 0.6 is 0 Å². The lowest BCUT2D eigenvalue weighted by molar-refractivity contribution is -0.858. The first-order valence-corrected chi connectivity index (χ1v) is 8.25. The van der Waals surface area contributed by atoms with Crippen LogP contribution in [0, 0.1) is 0 Å². The summed E-state index contributed by atoms with van der Waals surface area (Å²) in [5.74, 6) is 0.761. The zero-order chi connectivity index (χ0) is 17.5. The Kier molecular flexibility index (Phi) is 6.43. The number of hydrogen-bond donors (Lipinski definition) is 2. The Morgan fingerprint density at radius 2 is 2.04 bits per heavy atom. The molecule has 1 fully saturated rings. The number of nitrogens with zero attached hydrogens (tertiary/aromatic N) is 1. The van der Waals surface area contributed by atoms with Gasteiger partial charge in [0, 0.05) is 18.7 Å². The molecule has 0 bridgehead atoms. The second-order valence-electron chi connectivity index (χ2n) is 6.07. The van der Waals surface area contributed by atoms with E-state index in [-0.39, 0.29) is 18.4 Å². The molecule has 2 rings (SSSR count). The molecule has 1 heterocycles. The van der Waals surface area contributed by atoms with Crippen molar-refractivity contribution >= 4 is 17.7 Å². The number of alkyl carbamates (subject to hydrolysis) is 1. The minimum absolute atomic E-state index is 0.0119. The number of rotatable bonds is 7. The van der Waals surface area contributed by atoms with E-state index < -0.39 is 6.09 Å². The molecule has 0 aromatic heterocycles. The van der Waals surface area contributed by atoms with Gasteiger partial charge in [-0.1, -0.05) is 0 Å². The lowest BCUT2D eigenvalue weighted by Gasteiger charge is -2.17. The van der Waals surface area contributed by atoms with Crippen LogP contribution in [0.1, 0.15) is 13.3 Å². The van der Waals surface area contributed by atoms with Crippen molar-refractivity contribution in [1.29, 1.82) is 0 Å². The number of carbonyl (C=O) groups is 2. The fraction of sp³-hybridized carbons (Fsp3) is 0.529. The highest BCUT2D eigenvalue weighted by molar-refractivity contribution is 5.96. The summed E-state index contributed by atoms with van der Waals surface area (Å²) in [5.41, 5.74) is 0.803. The molecule has 1 saturated heterocycles. The Morgan fingerprint density at radius 3 is 2.67 bits per heavy atom. The monoisotopic (exact) mass is 336 g/mol.